The van der Waals surface area contributed by atoms with Crippen molar-refractivity contribution in [1.82, 2.24) is 4.90 Å². The Morgan fingerprint density at radius 1 is 1.32 bits per heavy atom. The van der Waals surface area contributed by atoms with Crippen LogP contribution in [0.3, 0.4) is 0 Å². The van der Waals surface area contributed by atoms with Gasteiger partial charge in [-0.1, -0.05) is 30.1 Å². The molecule has 0 saturated carbocycles. The Balaban J connectivity index is 1.95. The van der Waals surface area contributed by atoms with Crippen molar-refractivity contribution in [3.05, 3.63) is 50.6 Å². The molecule has 0 bridgehead atoms. The van der Waals surface area contributed by atoms with Crippen molar-refractivity contribution in [2.24, 2.45) is 0 Å². The van der Waals surface area contributed by atoms with Crippen LogP contribution in [0.15, 0.2) is 35.0 Å². The number of hydrogen-bond acceptors (Lipinski definition) is 3. The third kappa shape index (κ3) is 4.90. The Morgan fingerprint density at radius 2 is 2.14 bits per heavy atom. The maximum atomic E-state index is 12.3. The minimum absolute atomic E-state index is 0.0362. The molecule has 0 aliphatic heterocycles. The van der Waals surface area contributed by atoms with Crippen LogP contribution in [0, 0.1) is 0 Å². The number of rotatable bonds is 7. The van der Waals surface area contributed by atoms with Gasteiger partial charge in [-0.3, -0.25) is 4.79 Å². The van der Waals surface area contributed by atoms with Crippen molar-refractivity contribution in [3.63, 3.8) is 0 Å². The summed E-state index contributed by atoms with van der Waals surface area (Å²) in [6, 6.07) is 6.97. The van der Waals surface area contributed by atoms with Gasteiger partial charge in [0.25, 0.3) is 5.91 Å². The summed E-state index contributed by atoms with van der Waals surface area (Å²) in [5, 5.41) is 5.00. The van der Waals surface area contributed by atoms with Gasteiger partial charge in [0, 0.05) is 18.1 Å². The van der Waals surface area contributed by atoms with E-state index in [2.05, 4.69) is 0 Å². The first-order valence-electron chi connectivity index (χ1n) is 6.97. The number of halogens is 2. The molecular formula is C16H17Cl2NO2S. The summed E-state index contributed by atoms with van der Waals surface area (Å²) in [6.07, 6.45) is 0.900. The molecule has 2 aromatic rings. The molecule has 0 spiro atoms. The summed E-state index contributed by atoms with van der Waals surface area (Å²) in [5.74, 6) is 0.408. The van der Waals surface area contributed by atoms with Gasteiger partial charge < -0.3 is 9.64 Å². The number of hydrogen-bond donors (Lipinski definition) is 0. The molecule has 1 aromatic carbocycles. The van der Waals surface area contributed by atoms with Crippen molar-refractivity contribution in [1.29, 1.82) is 0 Å². The fourth-order valence-electron chi connectivity index (χ4n) is 1.99. The monoisotopic (exact) mass is 357 g/mol. The first-order chi connectivity index (χ1) is 10.6. The summed E-state index contributed by atoms with van der Waals surface area (Å²) in [4.78, 5) is 14.1. The SMILES string of the molecule is CCCN(Cc1ccsc1)C(=O)COc1ccc(Cl)cc1Cl. The van der Waals surface area contributed by atoms with E-state index in [0.717, 1.165) is 12.0 Å². The molecular weight excluding hydrogens is 341 g/mol. The Bertz CT molecular complexity index is 617. The van der Waals surface area contributed by atoms with Crippen LogP contribution in [0.25, 0.3) is 0 Å². The lowest BCUT2D eigenvalue weighted by Crippen LogP contribution is -2.35. The highest BCUT2D eigenvalue weighted by Gasteiger charge is 2.15. The van der Waals surface area contributed by atoms with Crippen molar-refractivity contribution < 1.29 is 9.53 Å². The average molecular weight is 358 g/mol. The number of carbonyl (C=O) groups is 1. The maximum Gasteiger partial charge on any atom is 0.260 e. The van der Waals surface area contributed by atoms with Gasteiger partial charge in [0.15, 0.2) is 6.61 Å². The van der Waals surface area contributed by atoms with Crippen molar-refractivity contribution in [3.8, 4) is 5.75 Å². The minimum atomic E-state index is -0.0564. The van der Waals surface area contributed by atoms with Crippen LogP contribution < -0.4 is 4.74 Å². The molecule has 0 aliphatic carbocycles. The Kier molecular flexibility index (Phi) is 6.55. The predicted octanol–water partition coefficient (Wildman–Crippen LogP) is 4.87. The number of benzene rings is 1. The van der Waals surface area contributed by atoms with Crippen molar-refractivity contribution in [2.45, 2.75) is 19.9 Å². The van der Waals surface area contributed by atoms with E-state index in [4.69, 9.17) is 27.9 Å². The third-order valence-electron chi connectivity index (χ3n) is 3.04. The molecule has 3 nitrogen and oxygen atoms in total. The summed E-state index contributed by atoms with van der Waals surface area (Å²) >= 11 is 13.5. The van der Waals surface area contributed by atoms with Crippen LogP contribution in [0.2, 0.25) is 10.0 Å². The molecule has 6 heteroatoms. The van der Waals surface area contributed by atoms with E-state index in [9.17, 15) is 4.79 Å². The fraction of sp³-hybridized carbons (Fsp3) is 0.312. The molecule has 2 rings (SSSR count). The van der Waals surface area contributed by atoms with E-state index in [1.165, 1.54) is 0 Å². The summed E-state index contributed by atoms with van der Waals surface area (Å²) < 4.78 is 5.52. The second-order valence-electron chi connectivity index (χ2n) is 4.81. The van der Waals surface area contributed by atoms with E-state index < -0.39 is 0 Å². The van der Waals surface area contributed by atoms with Gasteiger partial charge in [-0.2, -0.15) is 11.3 Å². The van der Waals surface area contributed by atoms with Gasteiger partial charge in [-0.25, -0.2) is 0 Å². The highest BCUT2D eigenvalue weighted by Crippen LogP contribution is 2.27. The molecule has 118 valence electrons. The van der Waals surface area contributed by atoms with Crippen LogP contribution >= 0.6 is 34.5 Å². The van der Waals surface area contributed by atoms with E-state index in [-0.39, 0.29) is 12.5 Å². The molecule has 0 N–H and O–H groups in total. The summed E-state index contributed by atoms with van der Waals surface area (Å²) in [5.41, 5.74) is 1.14. The lowest BCUT2D eigenvalue weighted by Gasteiger charge is -2.22. The van der Waals surface area contributed by atoms with Crippen LogP contribution in [-0.2, 0) is 11.3 Å². The second-order valence-corrected chi connectivity index (χ2v) is 6.43. The first kappa shape index (κ1) is 17.1. The highest BCUT2D eigenvalue weighted by molar-refractivity contribution is 7.07. The largest absolute Gasteiger partial charge is 0.482 e. The molecule has 0 unspecified atom stereocenters. The predicted molar refractivity (Wildman–Crippen MR) is 92.0 cm³/mol. The van der Waals surface area contributed by atoms with Crippen molar-refractivity contribution in [2.75, 3.05) is 13.2 Å². The van der Waals surface area contributed by atoms with Gasteiger partial charge in [0.1, 0.15) is 5.75 Å². The minimum Gasteiger partial charge on any atom is -0.482 e. The molecule has 0 radical (unpaired) electrons. The lowest BCUT2D eigenvalue weighted by atomic mass is 10.3. The smallest absolute Gasteiger partial charge is 0.260 e. The molecule has 1 amide bonds. The highest BCUT2D eigenvalue weighted by atomic mass is 35.5. The molecule has 0 aliphatic rings. The number of amides is 1. The average Bonchev–Trinajstić information content (AvgIpc) is 2.98. The quantitative estimate of drug-likeness (QED) is 0.707. The van der Waals surface area contributed by atoms with Gasteiger partial charge >= 0.3 is 0 Å². The third-order valence-corrected chi connectivity index (χ3v) is 4.31. The zero-order valence-corrected chi connectivity index (χ0v) is 14.5. The van der Waals surface area contributed by atoms with Gasteiger partial charge in [0.05, 0.1) is 5.02 Å². The lowest BCUT2D eigenvalue weighted by molar-refractivity contribution is -0.134. The number of carbonyl (C=O) groups excluding carboxylic acids is 1. The van der Waals surface area contributed by atoms with Crippen LogP contribution in [0.1, 0.15) is 18.9 Å². The van der Waals surface area contributed by atoms with Crippen molar-refractivity contribution >= 4 is 40.4 Å². The molecule has 0 atom stereocenters. The van der Waals surface area contributed by atoms with E-state index in [1.54, 1.807) is 34.4 Å². The first-order valence-corrected chi connectivity index (χ1v) is 8.66. The normalized spacial score (nSPS) is 10.5. The molecule has 22 heavy (non-hydrogen) atoms. The van der Waals surface area contributed by atoms with Gasteiger partial charge in [-0.15, -0.1) is 0 Å². The standard InChI is InChI=1S/C16H17Cl2NO2S/c1-2-6-19(9-12-5-7-22-11-12)16(20)10-21-15-4-3-13(17)8-14(15)18/h3-5,7-8,11H,2,6,9-10H2,1H3. The zero-order chi connectivity index (χ0) is 15.9. The fourth-order valence-corrected chi connectivity index (χ4v) is 3.11. The number of ether oxygens (including phenoxy) is 1. The van der Waals surface area contributed by atoms with E-state index in [0.29, 0.717) is 28.9 Å². The molecule has 0 saturated heterocycles. The Hall–Kier alpha value is -1.23. The summed E-state index contributed by atoms with van der Waals surface area (Å²) in [6.45, 7) is 3.32. The van der Waals surface area contributed by atoms with Gasteiger partial charge in [0.2, 0.25) is 0 Å². The molecule has 1 aromatic heterocycles. The number of nitrogens with zero attached hydrogens (tertiary/aromatic N) is 1. The van der Waals surface area contributed by atoms with Crippen LogP contribution in [0.4, 0.5) is 0 Å². The zero-order valence-electron chi connectivity index (χ0n) is 12.2. The second kappa shape index (κ2) is 8.42. The van der Waals surface area contributed by atoms with Crippen LogP contribution in [0.5, 0.6) is 5.75 Å². The summed E-state index contributed by atoms with van der Waals surface area (Å²) in [7, 11) is 0. The van der Waals surface area contributed by atoms with Gasteiger partial charge in [-0.05, 0) is 47.0 Å². The topological polar surface area (TPSA) is 29.5 Å². The van der Waals surface area contributed by atoms with Crippen LogP contribution in [-0.4, -0.2) is 24.0 Å². The Morgan fingerprint density at radius 3 is 2.77 bits per heavy atom. The number of thiophene rings is 1. The Labute approximate surface area is 144 Å². The molecule has 0 fully saturated rings. The van der Waals surface area contributed by atoms with E-state index in [1.807, 2.05) is 23.8 Å². The van der Waals surface area contributed by atoms with E-state index >= 15 is 0 Å². The molecule has 1 heterocycles. The maximum absolute atomic E-state index is 12.3.